The molecule has 0 saturated heterocycles. The van der Waals surface area contributed by atoms with Gasteiger partial charge in [0.2, 0.25) is 10.0 Å². The topological polar surface area (TPSA) is 119 Å². The highest BCUT2D eigenvalue weighted by atomic mass is 32.2. The smallest absolute Gasteiger partial charge is 0.273 e. The molecule has 2 N–H and O–H groups in total. The first-order chi connectivity index (χ1) is 12.7. The molecular weight excluding hydrogens is 412 g/mol. The fourth-order valence-electron chi connectivity index (χ4n) is 2.72. The molecule has 0 atom stereocenters. The minimum Gasteiger partial charge on any atom is -0.368 e. The van der Waals surface area contributed by atoms with E-state index < -0.39 is 26.0 Å². The monoisotopic (exact) mass is 438 g/mol. The van der Waals surface area contributed by atoms with Crippen LogP contribution in [0.3, 0.4) is 0 Å². The maximum absolute atomic E-state index is 12.3. The highest BCUT2D eigenvalue weighted by Gasteiger charge is 2.21. The molecule has 154 valence electrons. The SMILES string of the molecule is CCS(=O)(=O)NCCc1ccc(S(=O)(=O)NC(=O)COC2CCCCC2)s1. The van der Waals surface area contributed by atoms with Gasteiger partial charge in [-0.3, -0.25) is 4.79 Å². The molecule has 0 aliphatic heterocycles. The molecule has 0 bridgehead atoms. The summed E-state index contributed by atoms with van der Waals surface area (Å²) in [6.45, 7) is 1.46. The molecular formula is C16H26N2O6S3. The molecule has 1 aliphatic carbocycles. The van der Waals surface area contributed by atoms with E-state index in [9.17, 15) is 21.6 Å². The Morgan fingerprint density at radius 2 is 1.89 bits per heavy atom. The first kappa shape index (κ1) is 22.3. The quantitative estimate of drug-likeness (QED) is 0.570. The van der Waals surface area contributed by atoms with Crippen molar-refractivity contribution in [2.45, 2.75) is 55.8 Å². The van der Waals surface area contributed by atoms with E-state index in [1.165, 1.54) is 12.5 Å². The molecule has 1 heterocycles. The van der Waals surface area contributed by atoms with Crippen LogP contribution in [0.5, 0.6) is 0 Å². The normalized spacial score (nSPS) is 16.3. The van der Waals surface area contributed by atoms with Gasteiger partial charge in [-0.2, -0.15) is 0 Å². The zero-order valence-corrected chi connectivity index (χ0v) is 17.7. The van der Waals surface area contributed by atoms with Crippen LogP contribution < -0.4 is 9.44 Å². The predicted molar refractivity (Wildman–Crippen MR) is 104 cm³/mol. The Balaban J connectivity index is 1.83. The van der Waals surface area contributed by atoms with Crippen molar-refractivity contribution < 1.29 is 26.4 Å². The van der Waals surface area contributed by atoms with E-state index in [2.05, 4.69) is 4.72 Å². The summed E-state index contributed by atoms with van der Waals surface area (Å²) in [5.41, 5.74) is 0. The first-order valence-electron chi connectivity index (χ1n) is 8.95. The van der Waals surface area contributed by atoms with Gasteiger partial charge in [-0.15, -0.1) is 11.3 Å². The third kappa shape index (κ3) is 7.49. The van der Waals surface area contributed by atoms with Crippen LogP contribution in [0.4, 0.5) is 0 Å². The number of ether oxygens (including phenoxy) is 1. The second-order valence-corrected chi connectivity index (χ2v) is 11.5. The summed E-state index contributed by atoms with van der Waals surface area (Å²) >= 11 is 1.01. The van der Waals surface area contributed by atoms with Crippen LogP contribution in [-0.4, -0.2) is 47.8 Å². The minimum atomic E-state index is -3.95. The molecule has 11 heteroatoms. The summed E-state index contributed by atoms with van der Waals surface area (Å²) in [6.07, 6.45) is 5.49. The average molecular weight is 439 g/mol. The Labute approximate surface area is 164 Å². The lowest BCUT2D eigenvalue weighted by Crippen LogP contribution is -2.34. The first-order valence-corrected chi connectivity index (χ1v) is 12.9. The summed E-state index contributed by atoms with van der Waals surface area (Å²) in [6, 6.07) is 3.02. The zero-order valence-electron chi connectivity index (χ0n) is 15.3. The van der Waals surface area contributed by atoms with Crippen LogP contribution >= 0.6 is 11.3 Å². The fraction of sp³-hybridized carbons (Fsp3) is 0.688. The van der Waals surface area contributed by atoms with Gasteiger partial charge in [-0.05, 0) is 38.3 Å². The number of nitrogens with one attached hydrogen (secondary N) is 2. The van der Waals surface area contributed by atoms with Crippen molar-refractivity contribution in [2.75, 3.05) is 18.9 Å². The largest absolute Gasteiger partial charge is 0.368 e. The van der Waals surface area contributed by atoms with Crippen molar-refractivity contribution in [3.63, 3.8) is 0 Å². The van der Waals surface area contributed by atoms with E-state index in [1.54, 1.807) is 13.0 Å². The van der Waals surface area contributed by atoms with Gasteiger partial charge in [0, 0.05) is 11.4 Å². The van der Waals surface area contributed by atoms with Crippen LogP contribution in [-0.2, 0) is 36.0 Å². The van der Waals surface area contributed by atoms with Crippen LogP contribution in [0.25, 0.3) is 0 Å². The lowest BCUT2D eigenvalue weighted by Gasteiger charge is -2.21. The van der Waals surface area contributed by atoms with Crippen molar-refractivity contribution in [1.29, 1.82) is 0 Å². The minimum absolute atomic E-state index is 0.00791. The van der Waals surface area contributed by atoms with Gasteiger partial charge < -0.3 is 4.74 Å². The van der Waals surface area contributed by atoms with Gasteiger partial charge in [0.25, 0.3) is 15.9 Å². The van der Waals surface area contributed by atoms with E-state index in [1.807, 2.05) is 4.72 Å². The third-order valence-electron chi connectivity index (χ3n) is 4.23. The molecule has 1 saturated carbocycles. The number of sulfonamides is 2. The highest BCUT2D eigenvalue weighted by Crippen LogP contribution is 2.22. The number of thiophene rings is 1. The van der Waals surface area contributed by atoms with Crippen LogP contribution in [0, 0.1) is 0 Å². The molecule has 2 rings (SSSR count). The van der Waals surface area contributed by atoms with Gasteiger partial charge in [0.1, 0.15) is 10.8 Å². The Morgan fingerprint density at radius 1 is 1.19 bits per heavy atom. The molecule has 0 spiro atoms. The maximum atomic E-state index is 12.3. The zero-order chi connectivity index (χ0) is 19.9. The Kier molecular flexibility index (Phi) is 8.22. The molecule has 1 fully saturated rings. The standard InChI is InChI=1S/C16H26N2O6S3/c1-2-26(20,21)17-11-10-14-8-9-16(25-14)27(22,23)18-15(19)12-24-13-6-4-3-5-7-13/h8-9,13,17H,2-7,10-12H2,1H3,(H,18,19). The second kappa shape index (κ2) is 9.97. The summed E-state index contributed by atoms with van der Waals surface area (Å²) < 4.78 is 57.3. The summed E-state index contributed by atoms with van der Waals surface area (Å²) in [5.74, 6) is -0.697. The second-order valence-electron chi connectivity index (χ2n) is 6.37. The average Bonchev–Trinajstić information content (AvgIpc) is 3.10. The number of hydrogen-bond donors (Lipinski definition) is 2. The van der Waals surface area contributed by atoms with Gasteiger partial charge in [0.15, 0.2) is 0 Å². The predicted octanol–water partition coefficient (Wildman–Crippen LogP) is 1.38. The van der Waals surface area contributed by atoms with Crippen molar-refractivity contribution in [2.24, 2.45) is 0 Å². The molecule has 0 aromatic carbocycles. The Morgan fingerprint density at radius 3 is 2.56 bits per heavy atom. The molecule has 0 radical (unpaired) electrons. The van der Waals surface area contributed by atoms with Crippen LogP contribution in [0.15, 0.2) is 16.3 Å². The number of rotatable bonds is 10. The molecule has 27 heavy (non-hydrogen) atoms. The fourth-order valence-corrected chi connectivity index (χ4v) is 5.67. The Hall–Kier alpha value is -1.01. The van der Waals surface area contributed by atoms with Crippen molar-refractivity contribution in [1.82, 2.24) is 9.44 Å². The summed E-state index contributed by atoms with van der Waals surface area (Å²) in [5, 5.41) is 0. The number of amides is 1. The summed E-state index contributed by atoms with van der Waals surface area (Å²) in [7, 11) is -7.23. The van der Waals surface area contributed by atoms with Crippen molar-refractivity contribution in [3.05, 3.63) is 17.0 Å². The molecule has 8 nitrogen and oxygen atoms in total. The van der Waals surface area contributed by atoms with E-state index in [4.69, 9.17) is 4.74 Å². The molecule has 1 aromatic heterocycles. The lowest BCUT2D eigenvalue weighted by molar-refractivity contribution is -0.126. The molecule has 1 amide bonds. The maximum Gasteiger partial charge on any atom is 0.273 e. The number of carbonyl (C=O) groups excluding carboxylic acids is 1. The van der Waals surface area contributed by atoms with Gasteiger partial charge in [-0.25, -0.2) is 26.3 Å². The third-order valence-corrected chi connectivity index (χ3v) is 8.64. The molecule has 1 aromatic rings. The van der Waals surface area contributed by atoms with Gasteiger partial charge in [0.05, 0.1) is 11.9 Å². The van der Waals surface area contributed by atoms with E-state index in [0.29, 0.717) is 11.3 Å². The number of carbonyl (C=O) groups is 1. The molecule has 1 aliphatic rings. The van der Waals surface area contributed by atoms with E-state index in [-0.39, 0.29) is 29.2 Å². The summed E-state index contributed by atoms with van der Waals surface area (Å²) in [4.78, 5) is 12.6. The lowest BCUT2D eigenvalue weighted by atomic mass is 9.98. The van der Waals surface area contributed by atoms with Crippen molar-refractivity contribution in [3.8, 4) is 0 Å². The van der Waals surface area contributed by atoms with E-state index >= 15 is 0 Å². The van der Waals surface area contributed by atoms with Gasteiger partial charge in [-0.1, -0.05) is 19.3 Å². The highest BCUT2D eigenvalue weighted by molar-refractivity contribution is 7.92. The van der Waals surface area contributed by atoms with Gasteiger partial charge >= 0.3 is 0 Å². The molecule has 0 unspecified atom stereocenters. The number of hydrogen-bond acceptors (Lipinski definition) is 7. The van der Waals surface area contributed by atoms with Crippen LogP contribution in [0.2, 0.25) is 0 Å². The van der Waals surface area contributed by atoms with E-state index in [0.717, 1.165) is 37.0 Å². The van der Waals surface area contributed by atoms with Crippen LogP contribution in [0.1, 0.15) is 43.9 Å². The Bertz CT molecular complexity index is 826. The van der Waals surface area contributed by atoms with Crippen molar-refractivity contribution >= 4 is 37.3 Å².